The number of benzene rings is 2. The fourth-order valence-corrected chi connectivity index (χ4v) is 3.17. The normalized spacial score (nSPS) is 12.4. The monoisotopic (exact) mass is 398 g/mol. The number of carbonyl (C=O) groups excluding carboxylic acids is 1. The number of primary sulfonamides is 1. The van der Waals surface area contributed by atoms with E-state index in [1.165, 1.54) is 24.3 Å². The van der Waals surface area contributed by atoms with Crippen LogP contribution in [0, 0.1) is 0 Å². The molecule has 0 aliphatic rings. The van der Waals surface area contributed by atoms with Crippen molar-refractivity contribution in [1.82, 2.24) is 15.1 Å². The zero-order valence-corrected chi connectivity index (χ0v) is 15.8. The van der Waals surface area contributed by atoms with Gasteiger partial charge in [0.05, 0.1) is 16.6 Å². The highest BCUT2D eigenvalue weighted by Gasteiger charge is 2.16. The molecule has 1 unspecified atom stereocenters. The van der Waals surface area contributed by atoms with Crippen LogP contribution in [-0.4, -0.2) is 24.1 Å². The van der Waals surface area contributed by atoms with Crippen molar-refractivity contribution >= 4 is 15.9 Å². The topological polar surface area (TPSA) is 124 Å². The lowest BCUT2D eigenvalue weighted by molar-refractivity contribution is 0.0933. The van der Waals surface area contributed by atoms with Crippen LogP contribution in [-0.2, 0) is 10.0 Å². The summed E-state index contributed by atoms with van der Waals surface area (Å²) in [5, 5.41) is 12.0. The van der Waals surface area contributed by atoms with Gasteiger partial charge in [-0.25, -0.2) is 13.6 Å². The van der Waals surface area contributed by atoms with Gasteiger partial charge in [0.1, 0.15) is 5.69 Å². The van der Waals surface area contributed by atoms with Gasteiger partial charge < -0.3 is 5.32 Å². The van der Waals surface area contributed by atoms with Crippen molar-refractivity contribution in [2.24, 2.45) is 5.14 Å². The van der Waals surface area contributed by atoms with Crippen LogP contribution < -0.4 is 16.0 Å². The van der Waals surface area contributed by atoms with E-state index in [0.29, 0.717) is 11.3 Å². The first-order chi connectivity index (χ1) is 13.3. The van der Waals surface area contributed by atoms with E-state index >= 15 is 0 Å². The summed E-state index contributed by atoms with van der Waals surface area (Å²) in [6, 6.07) is 16.8. The minimum Gasteiger partial charge on any atom is -0.344 e. The molecule has 0 bridgehead atoms. The van der Waals surface area contributed by atoms with Gasteiger partial charge in [-0.2, -0.15) is 9.78 Å². The van der Waals surface area contributed by atoms with Crippen LogP contribution in [0.2, 0.25) is 0 Å². The summed E-state index contributed by atoms with van der Waals surface area (Å²) >= 11 is 0. The molecule has 1 aromatic heterocycles. The van der Waals surface area contributed by atoms with Crippen molar-refractivity contribution in [3.63, 3.8) is 0 Å². The third-order valence-corrected chi connectivity index (χ3v) is 4.98. The van der Waals surface area contributed by atoms with Gasteiger partial charge in [0.2, 0.25) is 10.0 Å². The Hall–Kier alpha value is -3.30. The summed E-state index contributed by atoms with van der Waals surface area (Å²) < 4.78 is 24.1. The van der Waals surface area contributed by atoms with Gasteiger partial charge in [-0.3, -0.25) is 9.59 Å². The Kier molecular flexibility index (Phi) is 5.39. The molecule has 0 radical (unpaired) electrons. The Morgan fingerprint density at radius 1 is 1.07 bits per heavy atom. The standard InChI is InChI=1S/C19H18N4O4S/c1-13(14-6-5-9-16(12-14)28(20,26)27)21-19(25)17-10-11-18(24)23(22-17)15-7-3-2-4-8-15/h2-13H,1H3,(H,21,25)(H2,20,26,27). The molecule has 9 heteroatoms. The summed E-state index contributed by atoms with van der Waals surface area (Å²) in [5.74, 6) is -0.502. The molecule has 8 nitrogen and oxygen atoms in total. The first kappa shape index (κ1) is 19.5. The average molecular weight is 398 g/mol. The zero-order chi connectivity index (χ0) is 20.3. The van der Waals surface area contributed by atoms with Gasteiger partial charge in [0, 0.05) is 6.07 Å². The van der Waals surface area contributed by atoms with E-state index in [-0.39, 0.29) is 16.1 Å². The molecule has 2 aromatic carbocycles. The summed E-state index contributed by atoms with van der Waals surface area (Å²) in [6.45, 7) is 1.70. The molecule has 0 saturated heterocycles. The first-order valence-corrected chi connectivity index (χ1v) is 9.90. The summed E-state index contributed by atoms with van der Waals surface area (Å²) in [7, 11) is -3.84. The van der Waals surface area contributed by atoms with Gasteiger partial charge in [0.25, 0.3) is 11.5 Å². The molecular formula is C19H18N4O4S. The van der Waals surface area contributed by atoms with Crippen LogP contribution >= 0.6 is 0 Å². The quantitative estimate of drug-likeness (QED) is 0.672. The molecule has 3 aromatic rings. The third kappa shape index (κ3) is 4.33. The van der Waals surface area contributed by atoms with Gasteiger partial charge in [-0.1, -0.05) is 30.3 Å². The van der Waals surface area contributed by atoms with Crippen molar-refractivity contribution < 1.29 is 13.2 Å². The second-order valence-electron chi connectivity index (χ2n) is 6.12. The Labute approximate surface area is 161 Å². The largest absolute Gasteiger partial charge is 0.344 e. The van der Waals surface area contributed by atoms with E-state index in [2.05, 4.69) is 10.4 Å². The minimum absolute atomic E-state index is 0.0400. The number of aromatic nitrogens is 2. The maximum Gasteiger partial charge on any atom is 0.272 e. The number of carbonyl (C=O) groups is 1. The van der Waals surface area contributed by atoms with E-state index in [1.54, 1.807) is 43.3 Å². The second-order valence-corrected chi connectivity index (χ2v) is 7.68. The van der Waals surface area contributed by atoms with Crippen LogP contribution in [0.4, 0.5) is 0 Å². The first-order valence-electron chi connectivity index (χ1n) is 8.35. The van der Waals surface area contributed by atoms with E-state index < -0.39 is 22.0 Å². The maximum atomic E-state index is 12.6. The summed E-state index contributed by atoms with van der Waals surface area (Å²) in [5.41, 5.74) is 0.793. The van der Waals surface area contributed by atoms with E-state index in [9.17, 15) is 18.0 Å². The fraction of sp³-hybridized carbons (Fsp3) is 0.105. The Bertz CT molecular complexity index is 1170. The molecule has 0 saturated carbocycles. The Morgan fingerprint density at radius 2 is 1.79 bits per heavy atom. The van der Waals surface area contributed by atoms with Gasteiger partial charge in [-0.05, 0) is 42.8 Å². The average Bonchev–Trinajstić information content (AvgIpc) is 2.68. The highest BCUT2D eigenvalue weighted by atomic mass is 32.2. The molecule has 1 amide bonds. The van der Waals surface area contributed by atoms with E-state index in [0.717, 1.165) is 4.68 Å². The number of hydrogen-bond acceptors (Lipinski definition) is 5. The Morgan fingerprint density at radius 3 is 2.46 bits per heavy atom. The molecule has 28 heavy (non-hydrogen) atoms. The third-order valence-electron chi connectivity index (χ3n) is 4.07. The summed E-state index contributed by atoms with van der Waals surface area (Å²) in [6.07, 6.45) is 0. The molecule has 3 N–H and O–H groups in total. The molecule has 0 spiro atoms. The zero-order valence-electron chi connectivity index (χ0n) is 14.9. The SMILES string of the molecule is CC(NC(=O)c1ccc(=O)n(-c2ccccc2)n1)c1cccc(S(N)(=O)=O)c1. The van der Waals surface area contributed by atoms with Gasteiger partial charge >= 0.3 is 0 Å². The molecule has 144 valence electrons. The van der Waals surface area contributed by atoms with Crippen molar-refractivity contribution in [2.45, 2.75) is 17.9 Å². The van der Waals surface area contributed by atoms with Crippen LogP contribution in [0.5, 0.6) is 0 Å². The predicted octanol–water partition coefficient (Wildman–Crippen LogP) is 1.37. The molecule has 0 fully saturated rings. The van der Waals surface area contributed by atoms with Crippen molar-refractivity contribution in [1.29, 1.82) is 0 Å². The lowest BCUT2D eigenvalue weighted by Crippen LogP contribution is -2.30. The number of sulfonamides is 1. The molecule has 1 heterocycles. The lowest BCUT2D eigenvalue weighted by Gasteiger charge is -2.15. The molecule has 0 aliphatic heterocycles. The lowest BCUT2D eigenvalue weighted by atomic mass is 10.1. The molecule has 1 atom stereocenters. The van der Waals surface area contributed by atoms with Crippen LogP contribution in [0.1, 0.15) is 29.0 Å². The van der Waals surface area contributed by atoms with Crippen LogP contribution in [0.3, 0.4) is 0 Å². The van der Waals surface area contributed by atoms with Gasteiger partial charge in [-0.15, -0.1) is 0 Å². The predicted molar refractivity (Wildman–Crippen MR) is 104 cm³/mol. The molecule has 3 rings (SSSR count). The smallest absolute Gasteiger partial charge is 0.272 e. The number of nitrogens with one attached hydrogen (secondary N) is 1. The van der Waals surface area contributed by atoms with E-state index in [1.807, 2.05) is 6.07 Å². The van der Waals surface area contributed by atoms with Crippen LogP contribution in [0.15, 0.2) is 76.4 Å². The van der Waals surface area contributed by atoms with E-state index in [4.69, 9.17) is 5.14 Å². The van der Waals surface area contributed by atoms with Gasteiger partial charge in [0.15, 0.2) is 0 Å². The fourth-order valence-electron chi connectivity index (χ4n) is 2.60. The maximum absolute atomic E-state index is 12.6. The number of nitrogens with zero attached hydrogens (tertiary/aromatic N) is 2. The number of para-hydroxylation sites is 1. The summed E-state index contributed by atoms with van der Waals surface area (Å²) in [4.78, 5) is 24.6. The number of rotatable bonds is 5. The highest BCUT2D eigenvalue weighted by Crippen LogP contribution is 2.17. The number of nitrogens with two attached hydrogens (primary N) is 1. The second kappa shape index (κ2) is 7.75. The number of hydrogen-bond donors (Lipinski definition) is 2. The Balaban J connectivity index is 1.85. The van der Waals surface area contributed by atoms with Crippen LogP contribution in [0.25, 0.3) is 5.69 Å². The minimum atomic E-state index is -3.84. The van der Waals surface area contributed by atoms with Crippen molar-refractivity contribution in [3.05, 3.63) is 88.3 Å². The molecule has 0 aliphatic carbocycles. The molecular weight excluding hydrogens is 380 g/mol. The number of amides is 1. The highest BCUT2D eigenvalue weighted by molar-refractivity contribution is 7.89. The van der Waals surface area contributed by atoms with Crippen molar-refractivity contribution in [3.8, 4) is 5.69 Å². The van der Waals surface area contributed by atoms with Crippen molar-refractivity contribution in [2.75, 3.05) is 0 Å².